The van der Waals surface area contributed by atoms with E-state index in [0.29, 0.717) is 6.54 Å². The molecule has 1 N–H and O–H groups in total. The van der Waals surface area contributed by atoms with E-state index in [0.717, 1.165) is 5.56 Å². The molecule has 0 spiro atoms. The first-order valence-corrected chi connectivity index (χ1v) is 6.72. The van der Waals surface area contributed by atoms with E-state index in [4.69, 9.17) is 4.74 Å². The molecule has 0 bridgehead atoms. The second-order valence-corrected chi connectivity index (χ2v) is 4.99. The maximum absolute atomic E-state index is 13.6. The predicted octanol–water partition coefficient (Wildman–Crippen LogP) is 3.99. The van der Waals surface area contributed by atoms with Gasteiger partial charge in [0.2, 0.25) is 0 Å². The Morgan fingerprint density at radius 1 is 1.20 bits per heavy atom. The number of halogens is 1. The van der Waals surface area contributed by atoms with Crippen molar-refractivity contribution >= 4 is 0 Å². The van der Waals surface area contributed by atoms with Crippen LogP contribution in [0.4, 0.5) is 4.39 Å². The largest absolute Gasteiger partial charge is 0.494 e. The highest BCUT2D eigenvalue weighted by Crippen LogP contribution is 2.19. The first kappa shape index (κ1) is 14.5. The van der Waals surface area contributed by atoms with Gasteiger partial charge in [-0.25, -0.2) is 4.39 Å². The molecule has 0 amide bonds. The number of hydrogen-bond donors (Lipinski definition) is 1. The lowest BCUT2D eigenvalue weighted by atomic mass is 10.1. The maximum atomic E-state index is 13.6. The molecule has 0 saturated carbocycles. The fraction of sp³-hybridized carbons (Fsp3) is 0.294. The average molecular weight is 273 g/mol. The lowest BCUT2D eigenvalue weighted by Gasteiger charge is -2.15. The standard InChI is InChI=1S/C17H20FNO/c1-12-5-4-6-15(9-12)13(2)19-11-14-7-8-17(20-3)16(18)10-14/h4-10,13,19H,11H2,1-3H3/t13-/m1/s1. The summed E-state index contributed by atoms with van der Waals surface area (Å²) in [6.45, 7) is 4.81. The van der Waals surface area contributed by atoms with Crippen molar-refractivity contribution in [2.24, 2.45) is 0 Å². The zero-order valence-electron chi connectivity index (χ0n) is 12.1. The quantitative estimate of drug-likeness (QED) is 0.889. The van der Waals surface area contributed by atoms with Crippen molar-refractivity contribution < 1.29 is 9.13 Å². The normalized spacial score (nSPS) is 12.2. The third-order valence-electron chi connectivity index (χ3n) is 3.37. The summed E-state index contributed by atoms with van der Waals surface area (Å²) in [4.78, 5) is 0. The molecule has 2 rings (SSSR count). The van der Waals surface area contributed by atoms with Gasteiger partial charge < -0.3 is 10.1 Å². The van der Waals surface area contributed by atoms with Gasteiger partial charge in [-0.05, 0) is 37.1 Å². The van der Waals surface area contributed by atoms with Crippen molar-refractivity contribution in [1.29, 1.82) is 0 Å². The van der Waals surface area contributed by atoms with Gasteiger partial charge in [0.25, 0.3) is 0 Å². The summed E-state index contributed by atoms with van der Waals surface area (Å²) in [5.74, 6) is -0.0458. The van der Waals surface area contributed by atoms with Gasteiger partial charge in [-0.15, -0.1) is 0 Å². The third kappa shape index (κ3) is 3.58. The van der Waals surface area contributed by atoms with Gasteiger partial charge in [-0.1, -0.05) is 35.9 Å². The fourth-order valence-corrected chi connectivity index (χ4v) is 2.15. The molecular weight excluding hydrogens is 253 g/mol. The van der Waals surface area contributed by atoms with Crippen LogP contribution in [0.25, 0.3) is 0 Å². The summed E-state index contributed by atoms with van der Waals surface area (Å²) in [5, 5.41) is 3.40. The zero-order chi connectivity index (χ0) is 14.5. The van der Waals surface area contributed by atoms with Gasteiger partial charge in [0, 0.05) is 12.6 Å². The topological polar surface area (TPSA) is 21.3 Å². The highest BCUT2D eigenvalue weighted by atomic mass is 19.1. The molecule has 0 aromatic heterocycles. The lowest BCUT2D eigenvalue weighted by Crippen LogP contribution is -2.18. The van der Waals surface area contributed by atoms with Gasteiger partial charge >= 0.3 is 0 Å². The highest BCUT2D eigenvalue weighted by molar-refractivity contribution is 5.29. The molecule has 106 valence electrons. The number of benzene rings is 2. The second kappa shape index (κ2) is 6.53. The van der Waals surface area contributed by atoms with E-state index in [9.17, 15) is 4.39 Å². The molecule has 0 aliphatic rings. The molecule has 2 aromatic carbocycles. The van der Waals surface area contributed by atoms with E-state index >= 15 is 0 Å². The van der Waals surface area contributed by atoms with Crippen LogP contribution in [-0.2, 0) is 6.54 Å². The van der Waals surface area contributed by atoms with Gasteiger partial charge in [0.15, 0.2) is 11.6 Å². The molecule has 0 aliphatic heterocycles. The van der Waals surface area contributed by atoms with Crippen LogP contribution in [0.1, 0.15) is 29.7 Å². The van der Waals surface area contributed by atoms with E-state index in [1.807, 2.05) is 6.07 Å². The van der Waals surface area contributed by atoms with Gasteiger partial charge in [-0.2, -0.15) is 0 Å². The fourth-order valence-electron chi connectivity index (χ4n) is 2.15. The Bertz CT molecular complexity index is 583. The number of rotatable bonds is 5. The van der Waals surface area contributed by atoms with Crippen LogP contribution in [0.3, 0.4) is 0 Å². The molecule has 3 heteroatoms. The molecule has 0 unspecified atom stereocenters. The average Bonchev–Trinajstić information content (AvgIpc) is 2.45. The van der Waals surface area contributed by atoms with Crippen LogP contribution >= 0.6 is 0 Å². The molecule has 0 fully saturated rings. The minimum absolute atomic E-state index is 0.222. The highest BCUT2D eigenvalue weighted by Gasteiger charge is 2.07. The van der Waals surface area contributed by atoms with E-state index in [-0.39, 0.29) is 17.6 Å². The summed E-state index contributed by atoms with van der Waals surface area (Å²) >= 11 is 0. The van der Waals surface area contributed by atoms with Crippen LogP contribution in [0.5, 0.6) is 5.75 Å². The Morgan fingerprint density at radius 2 is 2.00 bits per heavy atom. The number of aryl methyl sites for hydroxylation is 1. The molecule has 20 heavy (non-hydrogen) atoms. The monoisotopic (exact) mass is 273 g/mol. The SMILES string of the molecule is COc1ccc(CN[C@H](C)c2cccc(C)c2)cc1F. The molecule has 2 nitrogen and oxygen atoms in total. The van der Waals surface area contributed by atoms with Crippen LogP contribution in [0.15, 0.2) is 42.5 Å². The Morgan fingerprint density at radius 3 is 2.65 bits per heavy atom. The van der Waals surface area contributed by atoms with Crippen molar-refractivity contribution in [1.82, 2.24) is 5.32 Å². The second-order valence-electron chi connectivity index (χ2n) is 4.99. The van der Waals surface area contributed by atoms with Crippen LogP contribution in [0, 0.1) is 12.7 Å². The Balaban J connectivity index is 1.99. The smallest absolute Gasteiger partial charge is 0.165 e. The summed E-state index contributed by atoms with van der Waals surface area (Å²) in [6, 6.07) is 13.6. The van der Waals surface area contributed by atoms with Crippen molar-refractivity contribution in [3.05, 3.63) is 65.0 Å². The Hall–Kier alpha value is -1.87. The van der Waals surface area contributed by atoms with Crippen molar-refractivity contribution in [3.8, 4) is 5.75 Å². The van der Waals surface area contributed by atoms with Crippen LogP contribution in [0.2, 0.25) is 0 Å². The number of hydrogen-bond acceptors (Lipinski definition) is 2. The number of nitrogens with one attached hydrogen (secondary N) is 1. The molecule has 0 saturated heterocycles. The Kier molecular flexibility index (Phi) is 4.74. The van der Waals surface area contributed by atoms with Crippen LogP contribution < -0.4 is 10.1 Å². The van der Waals surface area contributed by atoms with Crippen molar-refractivity contribution in [3.63, 3.8) is 0 Å². The van der Waals surface area contributed by atoms with E-state index in [1.54, 1.807) is 6.07 Å². The third-order valence-corrected chi connectivity index (χ3v) is 3.37. The minimum Gasteiger partial charge on any atom is -0.494 e. The molecule has 0 aliphatic carbocycles. The van der Waals surface area contributed by atoms with Gasteiger partial charge in [0.05, 0.1) is 7.11 Å². The summed E-state index contributed by atoms with van der Waals surface area (Å²) in [7, 11) is 1.47. The summed E-state index contributed by atoms with van der Waals surface area (Å²) < 4.78 is 18.5. The first-order valence-electron chi connectivity index (χ1n) is 6.72. The van der Waals surface area contributed by atoms with Gasteiger partial charge in [0.1, 0.15) is 0 Å². The lowest BCUT2D eigenvalue weighted by molar-refractivity contribution is 0.386. The number of ether oxygens (including phenoxy) is 1. The van der Waals surface area contributed by atoms with Crippen molar-refractivity contribution in [2.75, 3.05) is 7.11 Å². The summed E-state index contributed by atoms with van der Waals surface area (Å²) in [6.07, 6.45) is 0. The van der Waals surface area contributed by atoms with E-state index in [1.165, 1.54) is 24.3 Å². The molecule has 1 atom stereocenters. The first-order chi connectivity index (χ1) is 9.60. The maximum Gasteiger partial charge on any atom is 0.165 e. The molecule has 0 radical (unpaired) electrons. The molecular formula is C17H20FNO. The van der Waals surface area contributed by atoms with Gasteiger partial charge in [-0.3, -0.25) is 0 Å². The molecule has 2 aromatic rings. The van der Waals surface area contributed by atoms with E-state index in [2.05, 4.69) is 43.4 Å². The number of methoxy groups -OCH3 is 1. The van der Waals surface area contributed by atoms with Crippen LogP contribution in [-0.4, -0.2) is 7.11 Å². The molecule has 0 heterocycles. The Labute approximate surface area is 119 Å². The predicted molar refractivity (Wildman–Crippen MR) is 79.4 cm³/mol. The summed E-state index contributed by atoms with van der Waals surface area (Å²) in [5.41, 5.74) is 3.38. The minimum atomic E-state index is -0.324. The van der Waals surface area contributed by atoms with E-state index < -0.39 is 0 Å². The van der Waals surface area contributed by atoms with Crippen molar-refractivity contribution in [2.45, 2.75) is 26.4 Å². The zero-order valence-corrected chi connectivity index (χ0v) is 12.1.